The maximum atomic E-state index is 6.04. The van der Waals surface area contributed by atoms with Gasteiger partial charge in [-0.05, 0) is 24.1 Å². The third-order valence-electron chi connectivity index (χ3n) is 3.22. The molecule has 1 aliphatic heterocycles. The van der Waals surface area contributed by atoms with Crippen molar-refractivity contribution in [3.05, 3.63) is 27.7 Å². The average molecular weight is 289 g/mol. The quantitative estimate of drug-likeness (QED) is 0.868. The summed E-state index contributed by atoms with van der Waals surface area (Å²) in [6.45, 7) is 5.66. The lowest BCUT2D eigenvalue weighted by molar-refractivity contribution is -0.0324. The smallest absolute Gasteiger partial charge is 0.0700 e. The molecule has 0 amide bonds. The molecule has 1 unspecified atom stereocenters. The molecule has 0 bridgehead atoms. The van der Waals surface area contributed by atoms with Crippen molar-refractivity contribution in [2.45, 2.75) is 26.0 Å². The number of hydrogen-bond acceptors (Lipinski definition) is 3. The molecule has 3 nitrogen and oxygen atoms in total. The van der Waals surface area contributed by atoms with Gasteiger partial charge in [-0.2, -0.15) is 0 Å². The first-order valence-corrected chi connectivity index (χ1v) is 6.93. The molecule has 1 aliphatic rings. The first-order chi connectivity index (χ1) is 8.60. The van der Waals surface area contributed by atoms with Gasteiger partial charge in [-0.1, -0.05) is 30.1 Å². The zero-order valence-corrected chi connectivity index (χ0v) is 12.0. The SMILES string of the molecule is CCC1CN(Cc2cc(Cl)c(N)c(Cl)c2)CCO1. The number of ether oxygens (including phenoxy) is 1. The number of anilines is 1. The van der Waals surface area contributed by atoms with Crippen molar-refractivity contribution in [3.8, 4) is 0 Å². The summed E-state index contributed by atoms with van der Waals surface area (Å²) in [5.41, 5.74) is 7.28. The highest BCUT2D eigenvalue weighted by Crippen LogP contribution is 2.29. The van der Waals surface area contributed by atoms with E-state index in [1.165, 1.54) is 0 Å². The van der Waals surface area contributed by atoms with Gasteiger partial charge in [0.2, 0.25) is 0 Å². The van der Waals surface area contributed by atoms with Gasteiger partial charge in [-0.25, -0.2) is 0 Å². The van der Waals surface area contributed by atoms with E-state index < -0.39 is 0 Å². The van der Waals surface area contributed by atoms with E-state index in [0.717, 1.165) is 38.2 Å². The van der Waals surface area contributed by atoms with Gasteiger partial charge in [0.05, 0.1) is 28.4 Å². The number of benzene rings is 1. The normalized spacial score (nSPS) is 21.2. The highest BCUT2D eigenvalue weighted by molar-refractivity contribution is 6.38. The van der Waals surface area contributed by atoms with Crippen molar-refractivity contribution in [2.24, 2.45) is 0 Å². The summed E-state index contributed by atoms with van der Waals surface area (Å²) in [5.74, 6) is 0. The summed E-state index contributed by atoms with van der Waals surface area (Å²) in [4.78, 5) is 2.36. The topological polar surface area (TPSA) is 38.5 Å². The van der Waals surface area contributed by atoms with E-state index in [1.807, 2.05) is 12.1 Å². The predicted octanol–water partition coefficient (Wildman–Crippen LogP) is 3.19. The number of nitrogens with two attached hydrogens (primary N) is 1. The van der Waals surface area contributed by atoms with Crippen molar-refractivity contribution in [2.75, 3.05) is 25.4 Å². The first-order valence-electron chi connectivity index (χ1n) is 6.17. The second kappa shape index (κ2) is 6.11. The Balaban J connectivity index is 2.05. The Morgan fingerprint density at radius 2 is 2.06 bits per heavy atom. The Hall–Kier alpha value is -0.480. The van der Waals surface area contributed by atoms with Crippen LogP contribution in [0.25, 0.3) is 0 Å². The Bertz CT molecular complexity index is 402. The molecule has 2 N–H and O–H groups in total. The Morgan fingerprint density at radius 3 is 2.67 bits per heavy atom. The number of rotatable bonds is 3. The van der Waals surface area contributed by atoms with E-state index in [2.05, 4.69) is 11.8 Å². The zero-order chi connectivity index (χ0) is 13.1. The molecule has 5 heteroatoms. The van der Waals surface area contributed by atoms with Crippen molar-refractivity contribution in [1.82, 2.24) is 4.90 Å². The number of halogens is 2. The highest BCUT2D eigenvalue weighted by Gasteiger charge is 2.19. The van der Waals surface area contributed by atoms with Crippen LogP contribution < -0.4 is 5.73 Å². The summed E-state index contributed by atoms with van der Waals surface area (Å²) in [7, 11) is 0. The van der Waals surface area contributed by atoms with E-state index in [1.54, 1.807) is 0 Å². The minimum Gasteiger partial charge on any atom is -0.396 e. The van der Waals surface area contributed by atoms with Crippen LogP contribution in [0.2, 0.25) is 10.0 Å². The fourth-order valence-corrected chi connectivity index (χ4v) is 2.69. The number of hydrogen-bond donors (Lipinski definition) is 1. The van der Waals surface area contributed by atoms with Gasteiger partial charge in [0.15, 0.2) is 0 Å². The Kier molecular flexibility index (Phi) is 4.73. The molecule has 100 valence electrons. The predicted molar refractivity (Wildman–Crippen MR) is 76.2 cm³/mol. The van der Waals surface area contributed by atoms with E-state index in [9.17, 15) is 0 Å². The van der Waals surface area contributed by atoms with Gasteiger partial charge in [-0.3, -0.25) is 4.90 Å². The fraction of sp³-hybridized carbons (Fsp3) is 0.538. The molecule has 0 radical (unpaired) electrons. The molecule has 0 spiro atoms. The molecule has 1 heterocycles. The van der Waals surface area contributed by atoms with Gasteiger partial charge in [0.1, 0.15) is 0 Å². The van der Waals surface area contributed by atoms with Crippen molar-refractivity contribution < 1.29 is 4.74 Å². The summed E-state index contributed by atoms with van der Waals surface area (Å²) >= 11 is 12.1. The van der Waals surface area contributed by atoms with Crippen LogP contribution in [0.1, 0.15) is 18.9 Å². The van der Waals surface area contributed by atoms with Gasteiger partial charge in [-0.15, -0.1) is 0 Å². The molecule has 0 aromatic heterocycles. The molecule has 2 rings (SSSR count). The third kappa shape index (κ3) is 3.29. The summed E-state index contributed by atoms with van der Waals surface area (Å²) in [6, 6.07) is 3.78. The minimum atomic E-state index is 0.332. The summed E-state index contributed by atoms with van der Waals surface area (Å²) in [5, 5.41) is 1.05. The maximum Gasteiger partial charge on any atom is 0.0700 e. The fourth-order valence-electron chi connectivity index (χ4n) is 2.16. The van der Waals surface area contributed by atoms with Crippen molar-refractivity contribution >= 4 is 28.9 Å². The first kappa shape index (κ1) is 13.9. The largest absolute Gasteiger partial charge is 0.396 e. The van der Waals surface area contributed by atoms with E-state index in [-0.39, 0.29) is 0 Å². The highest BCUT2D eigenvalue weighted by atomic mass is 35.5. The van der Waals surface area contributed by atoms with Gasteiger partial charge in [0.25, 0.3) is 0 Å². The van der Waals surface area contributed by atoms with Gasteiger partial charge < -0.3 is 10.5 Å². The van der Waals surface area contributed by atoms with Crippen LogP contribution in [0.3, 0.4) is 0 Å². The van der Waals surface area contributed by atoms with Gasteiger partial charge >= 0.3 is 0 Å². The molecule has 1 aromatic rings. The Morgan fingerprint density at radius 1 is 1.39 bits per heavy atom. The lowest BCUT2D eigenvalue weighted by Crippen LogP contribution is -2.41. The third-order valence-corrected chi connectivity index (χ3v) is 3.85. The molecular formula is C13H18Cl2N2O. The molecule has 0 aliphatic carbocycles. The molecule has 1 fully saturated rings. The summed E-state index contributed by atoms with van der Waals surface area (Å²) in [6.07, 6.45) is 1.37. The van der Waals surface area contributed by atoms with Crippen LogP contribution in [0.15, 0.2) is 12.1 Å². The monoisotopic (exact) mass is 288 g/mol. The van der Waals surface area contributed by atoms with Crippen LogP contribution >= 0.6 is 23.2 Å². The molecule has 18 heavy (non-hydrogen) atoms. The molecular weight excluding hydrogens is 271 g/mol. The van der Waals surface area contributed by atoms with Crippen LogP contribution in [0.5, 0.6) is 0 Å². The van der Waals surface area contributed by atoms with Gasteiger partial charge in [0, 0.05) is 19.6 Å². The van der Waals surface area contributed by atoms with E-state index in [4.69, 9.17) is 33.7 Å². The second-order valence-corrected chi connectivity index (χ2v) is 5.42. The van der Waals surface area contributed by atoms with Crippen LogP contribution in [0.4, 0.5) is 5.69 Å². The van der Waals surface area contributed by atoms with Crippen molar-refractivity contribution in [1.29, 1.82) is 0 Å². The summed E-state index contributed by atoms with van der Waals surface area (Å²) < 4.78 is 5.65. The molecule has 1 saturated heterocycles. The lowest BCUT2D eigenvalue weighted by atomic mass is 10.1. The average Bonchev–Trinajstić information content (AvgIpc) is 2.36. The molecule has 1 atom stereocenters. The Labute approximate surface area is 118 Å². The van der Waals surface area contributed by atoms with E-state index in [0.29, 0.717) is 21.8 Å². The molecule has 1 aromatic carbocycles. The standard InChI is InChI=1S/C13H18Cl2N2O/c1-2-10-8-17(3-4-18-10)7-9-5-11(14)13(16)12(15)6-9/h5-6,10H,2-4,7-8,16H2,1H3. The van der Waals surface area contributed by atoms with Crippen molar-refractivity contribution in [3.63, 3.8) is 0 Å². The van der Waals surface area contributed by atoms with Crippen LogP contribution in [0, 0.1) is 0 Å². The minimum absolute atomic E-state index is 0.332. The lowest BCUT2D eigenvalue weighted by Gasteiger charge is -2.32. The zero-order valence-electron chi connectivity index (χ0n) is 10.5. The van der Waals surface area contributed by atoms with Crippen LogP contribution in [-0.4, -0.2) is 30.7 Å². The second-order valence-electron chi connectivity index (χ2n) is 4.61. The molecule has 0 saturated carbocycles. The maximum absolute atomic E-state index is 6.04. The number of nitrogens with zero attached hydrogens (tertiary/aromatic N) is 1. The van der Waals surface area contributed by atoms with E-state index >= 15 is 0 Å². The van der Waals surface area contributed by atoms with Crippen LogP contribution in [-0.2, 0) is 11.3 Å². The number of nitrogen functional groups attached to an aromatic ring is 1. The number of morpholine rings is 1.